The molecule has 128 valence electrons. The van der Waals surface area contributed by atoms with Crippen molar-refractivity contribution in [2.75, 3.05) is 6.54 Å². The third kappa shape index (κ3) is 2.94. The molecule has 1 aliphatic heterocycles. The second-order valence-electron chi connectivity index (χ2n) is 6.68. The molecular weight excluding hydrogens is 310 g/mol. The van der Waals surface area contributed by atoms with Crippen molar-refractivity contribution in [2.45, 2.75) is 31.8 Å². The lowest BCUT2D eigenvalue weighted by Crippen LogP contribution is -2.39. The number of piperidine rings is 1. The average molecular weight is 333 g/mol. The monoisotopic (exact) mass is 333 g/mol. The fraction of sp³-hybridized carbons (Fsp3) is 0.286. The van der Waals surface area contributed by atoms with Crippen LogP contribution in [-0.4, -0.2) is 22.3 Å². The molecule has 0 aliphatic carbocycles. The molecule has 4 rings (SSSR count). The van der Waals surface area contributed by atoms with Gasteiger partial charge in [-0.3, -0.25) is 4.79 Å². The van der Waals surface area contributed by atoms with E-state index in [0.29, 0.717) is 12.2 Å². The summed E-state index contributed by atoms with van der Waals surface area (Å²) in [6, 6.07) is 18.3. The second-order valence-corrected chi connectivity index (χ2v) is 6.68. The van der Waals surface area contributed by atoms with Crippen molar-refractivity contribution in [1.82, 2.24) is 9.88 Å². The number of fused-ring (bicyclic) bond motifs is 1. The molecule has 4 heteroatoms. The Balaban J connectivity index is 1.69. The molecule has 1 amide bonds. The Morgan fingerprint density at radius 2 is 1.92 bits per heavy atom. The number of amides is 1. The Kier molecular flexibility index (Phi) is 4.28. The maximum atomic E-state index is 13.2. The van der Waals surface area contributed by atoms with Gasteiger partial charge in [-0.1, -0.05) is 42.5 Å². The number of hydrogen-bond acceptors (Lipinski definition) is 2. The summed E-state index contributed by atoms with van der Waals surface area (Å²) in [4.78, 5) is 18.5. The number of aromatic amines is 1. The van der Waals surface area contributed by atoms with Crippen LogP contribution in [0.5, 0.6) is 0 Å². The van der Waals surface area contributed by atoms with Crippen LogP contribution in [0.2, 0.25) is 0 Å². The van der Waals surface area contributed by atoms with E-state index in [4.69, 9.17) is 5.73 Å². The highest BCUT2D eigenvalue weighted by atomic mass is 16.2. The normalized spacial score (nSPS) is 17.8. The summed E-state index contributed by atoms with van der Waals surface area (Å²) in [5.74, 6) is 0.0766. The third-order valence-corrected chi connectivity index (χ3v) is 5.16. The molecule has 0 radical (unpaired) electrons. The number of benzene rings is 2. The molecule has 3 aromatic rings. The molecule has 1 atom stereocenters. The first-order valence-corrected chi connectivity index (χ1v) is 8.94. The van der Waals surface area contributed by atoms with Gasteiger partial charge in [0.05, 0.1) is 6.04 Å². The SMILES string of the molecule is NCc1ccccc1C1CCCCN1C(=O)c1cc2ccccc2[nH]1. The lowest BCUT2D eigenvalue weighted by molar-refractivity contribution is 0.0605. The van der Waals surface area contributed by atoms with Gasteiger partial charge in [-0.15, -0.1) is 0 Å². The van der Waals surface area contributed by atoms with Gasteiger partial charge >= 0.3 is 0 Å². The van der Waals surface area contributed by atoms with E-state index in [1.807, 2.05) is 47.4 Å². The Bertz CT molecular complexity index is 866. The summed E-state index contributed by atoms with van der Waals surface area (Å²) < 4.78 is 0. The third-order valence-electron chi connectivity index (χ3n) is 5.16. The van der Waals surface area contributed by atoms with E-state index in [0.717, 1.165) is 42.3 Å². The standard InChI is InChI=1S/C21H23N3O/c22-14-16-8-1-3-9-17(16)20-11-5-6-12-24(20)21(25)19-13-15-7-2-4-10-18(15)23-19/h1-4,7-10,13,20,23H,5-6,11-12,14,22H2. The molecule has 2 aromatic carbocycles. The molecule has 1 fully saturated rings. The number of H-pyrrole nitrogens is 1. The number of nitrogens with one attached hydrogen (secondary N) is 1. The lowest BCUT2D eigenvalue weighted by Gasteiger charge is -2.36. The Labute approximate surface area is 147 Å². The quantitative estimate of drug-likeness (QED) is 0.761. The Morgan fingerprint density at radius 1 is 1.12 bits per heavy atom. The van der Waals surface area contributed by atoms with E-state index in [9.17, 15) is 4.79 Å². The van der Waals surface area contributed by atoms with Gasteiger partial charge in [0.2, 0.25) is 0 Å². The number of hydrogen-bond donors (Lipinski definition) is 2. The molecule has 25 heavy (non-hydrogen) atoms. The first-order valence-electron chi connectivity index (χ1n) is 8.94. The molecule has 3 N–H and O–H groups in total. The smallest absolute Gasteiger partial charge is 0.270 e. The molecule has 1 aromatic heterocycles. The van der Waals surface area contributed by atoms with E-state index in [-0.39, 0.29) is 11.9 Å². The van der Waals surface area contributed by atoms with Crippen molar-refractivity contribution < 1.29 is 4.79 Å². The van der Waals surface area contributed by atoms with Crippen LogP contribution in [-0.2, 0) is 6.54 Å². The van der Waals surface area contributed by atoms with E-state index in [2.05, 4.69) is 17.1 Å². The topological polar surface area (TPSA) is 62.1 Å². The van der Waals surface area contributed by atoms with Crippen LogP contribution in [0.25, 0.3) is 10.9 Å². The molecule has 1 saturated heterocycles. The van der Waals surface area contributed by atoms with Gasteiger partial charge in [-0.2, -0.15) is 0 Å². The first kappa shape index (κ1) is 15.9. The van der Waals surface area contributed by atoms with Crippen molar-refractivity contribution in [3.05, 3.63) is 71.4 Å². The highest BCUT2D eigenvalue weighted by Crippen LogP contribution is 2.34. The van der Waals surface area contributed by atoms with Gasteiger partial charge in [-0.05, 0) is 42.5 Å². The number of likely N-dealkylation sites (tertiary alicyclic amines) is 1. The van der Waals surface area contributed by atoms with E-state index < -0.39 is 0 Å². The minimum atomic E-state index is 0.0766. The van der Waals surface area contributed by atoms with Crippen LogP contribution >= 0.6 is 0 Å². The van der Waals surface area contributed by atoms with E-state index >= 15 is 0 Å². The summed E-state index contributed by atoms with van der Waals surface area (Å²) in [5.41, 5.74) is 9.92. The number of nitrogens with zero attached hydrogens (tertiary/aromatic N) is 1. The zero-order valence-electron chi connectivity index (χ0n) is 14.2. The fourth-order valence-corrected chi connectivity index (χ4v) is 3.89. The number of carbonyl (C=O) groups is 1. The molecule has 1 unspecified atom stereocenters. The van der Waals surface area contributed by atoms with Gasteiger partial charge in [-0.25, -0.2) is 0 Å². The summed E-state index contributed by atoms with van der Waals surface area (Å²) in [6.07, 6.45) is 3.18. The first-order chi connectivity index (χ1) is 12.3. The molecule has 2 heterocycles. The van der Waals surface area contributed by atoms with E-state index in [1.54, 1.807) is 0 Å². The summed E-state index contributed by atoms with van der Waals surface area (Å²) in [6.45, 7) is 1.29. The highest BCUT2D eigenvalue weighted by Gasteiger charge is 2.30. The zero-order valence-corrected chi connectivity index (χ0v) is 14.2. The van der Waals surface area contributed by atoms with Crippen molar-refractivity contribution in [2.24, 2.45) is 5.73 Å². The van der Waals surface area contributed by atoms with Crippen LogP contribution in [0, 0.1) is 0 Å². The summed E-state index contributed by atoms with van der Waals surface area (Å²) in [7, 11) is 0. The van der Waals surface area contributed by atoms with Crippen LogP contribution < -0.4 is 5.73 Å². The second kappa shape index (κ2) is 6.73. The number of rotatable bonds is 3. The average Bonchev–Trinajstić information content (AvgIpc) is 3.11. The van der Waals surface area contributed by atoms with Crippen LogP contribution in [0.3, 0.4) is 0 Å². The van der Waals surface area contributed by atoms with Gasteiger partial charge in [0.1, 0.15) is 5.69 Å². The predicted octanol–water partition coefficient (Wildman–Crippen LogP) is 3.99. The van der Waals surface area contributed by atoms with Crippen molar-refractivity contribution in [1.29, 1.82) is 0 Å². The largest absolute Gasteiger partial charge is 0.351 e. The van der Waals surface area contributed by atoms with Gasteiger partial charge in [0.25, 0.3) is 5.91 Å². The number of nitrogens with two attached hydrogens (primary N) is 1. The molecule has 0 spiro atoms. The number of para-hydroxylation sites is 1. The van der Waals surface area contributed by atoms with Crippen molar-refractivity contribution >= 4 is 16.8 Å². The molecule has 0 bridgehead atoms. The maximum absolute atomic E-state index is 13.2. The van der Waals surface area contributed by atoms with Crippen LogP contribution in [0.4, 0.5) is 0 Å². The Hall–Kier alpha value is -2.59. The molecular formula is C21H23N3O. The molecule has 0 saturated carbocycles. The van der Waals surface area contributed by atoms with Gasteiger partial charge in [0, 0.05) is 24.0 Å². The number of aromatic nitrogens is 1. The van der Waals surface area contributed by atoms with Crippen LogP contribution in [0.1, 0.15) is 46.9 Å². The molecule has 1 aliphatic rings. The van der Waals surface area contributed by atoms with Crippen LogP contribution in [0.15, 0.2) is 54.6 Å². The highest BCUT2D eigenvalue weighted by molar-refractivity contribution is 5.98. The fourth-order valence-electron chi connectivity index (χ4n) is 3.89. The van der Waals surface area contributed by atoms with Gasteiger partial charge in [0.15, 0.2) is 0 Å². The minimum absolute atomic E-state index is 0.0766. The summed E-state index contributed by atoms with van der Waals surface area (Å²) in [5, 5.41) is 1.07. The van der Waals surface area contributed by atoms with E-state index in [1.165, 1.54) is 5.56 Å². The summed E-state index contributed by atoms with van der Waals surface area (Å²) >= 11 is 0. The lowest BCUT2D eigenvalue weighted by atomic mass is 9.91. The predicted molar refractivity (Wildman–Crippen MR) is 100 cm³/mol. The Morgan fingerprint density at radius 3 is 2.76 bits per heavy atom. The van der Waals surface area contributed by atoms with Crippen molar-refractivity contribution in [3.63, 3.8) is 0 Å². The maximum Gasteiger partial charge on any atom is 0.270 e. The van der Waals surface area contributed by atoms with Gasteiger partial charge < -0.3 is 15.6 Å². The van der Waals surface area contributed by atoms with Crippen molar-refractivity contribution in [3.8, 4) is 0 Å². The number of carbonyl (C=O) groups excluding carboxylic acids is 1. The zero-order chi connectivity index (χ0) is 17.2. The molecule has 4 nitrogen and oxygen atoms in total. The minimum Gasteiger partial charge on any atom is -0.351 e.